The van der Waals surface area contributed by atoms with Gasteiger partial charge in [0.05, 0.1) is 7.98 Å². The van der Waals surface area contributed by atoms with Crippen molar-refractivity contribution in [1.29, 1.82) is 0 Å². The van der Waals surface area contributed by atoms with E-state index in [0.29, 0.717) is 0 Å². The van der Waals surface area contributed by atoms with Gasteiger partial charge in [-0.15, -0.1) is 0 Å². The summed E-state index contributed by atoms with van der Waals surface area (Å²) in [5, 5.41) is 16.3. The van der Waals surface area contributed by atoms with E-state index in [-0.39, 0.29) is 0 Å². The Morgan fingerprint density at radius 3 is 2.12 bits per heavy atom. The topological polar surface area (TPSA) is 98.0 Å². The van der Waals surface area contributed by atoms with E-state index >= 15 is 0 Å². The molecule has 1 atom stereocenters. The fraction of sp³-hybridized carbons (Fsp3) is 1.00. The molecular formula is C2H7O5P. The minimum Gasteiger partial charge on any atom is -0.393 e. The zero-order chi connectivity index (χ0) is 7.71. The second-order valence-corrected chi connectivity index (χ2v) is 2.72. The quantitative estimate of drug-likeness (QED) is 0.352. The van der Waals surface area contributed by atoms with Crippen molar-refractivity contribution >= 4 is 7.60 Å². The van der Waals surface area contributed by atoms with E-state index in [1.165, 1.54) is 0 Å². The van der Waals surface area contributed by atoms with Crippen LogP contribution in [0.15, 0.2) is 0 Å². The third-order valence-electron chi connectivity index (χ3n) is 0.478. The molecule has 0 unspecified atom stereocenters. The fourth-order valence-electron chi connectivity index (χ4n) is 0.0921. The molecule has 0 spiro atoms. The van der Waals surface area contributed by atoms with E-state index in [1.54, 1.807) is 0 Å². The highest BCUT2D eigenvalue weighted by atomic mass is 31.2. The van der Waals surface area contributed by atoms with Crippen molar-refractivity contribution in [2.24, 2.45) is 0 Å². The van der Waals surface area contributed by atoms with Crippen molar-refractivity contribution < 1.29 is 25.9 Å². The lowest BCUT2D eigenvalue weighted by Crippen LogP contribution is -2.11. The van der Waals surface area contributed by atoms with Crippen molar-refractivity contribution in [3.8, 4) is 0 Å². The van der Waals surface area contributed by atoms with Crippen LogP contribution >= 0.6 is 7.60 Å². The van der Waals surface area contributed by atoms with E-state index in [2.05, 4.69) is 0 Å². The van der Waals surface area contributed by atoms with Crippen LogP contribution in [0.3, 0.4) is 0 Å². The Morgan fingerprint density at radius 2 is 2.12 bits per heavy atom. The summed E-state index contributed by atoms with van der Waals surface area (Å²) in [5.74, 6) is -3.05. The molecule has 0 radical (unpaired) electrons. The van der Waals surface area contributed by atoms with Gasteiger partial charge in [-0.3, -0.25) is 4.57 Å². The molecular weight excluding hydrogens is 135 g/mol. The van der Waals surface area contributed by atoms with Crippen LogP contribution in [0.4, 0.5) is 0 Å². The Bertz CT molecular complexity index is 138. The van der Waals surface area contributed by atoms with E-state index in [4.69, 9.17) is 21.4 Å². The van der Waals surface area contributed by atoms with Gasteiger partial charge in [-0.2, -0.15) is 0 Å². The molecule has 0 aliphatic rings. The van der Waals surface area contributed by atoms with Crippen LogP contribution in [0, 0.1) is 0 Å². The number of hydrogen-bond donors (Lipinski definition) is 4. The Balaban J connectivity index is 4.34. The summed E-state index contributed by atoms with van der Waals surface area (Å²) in [6.45, 7) is -1.28. The molecule has 8 heavy (non-hydrogen) atoms. The monoisotopic (exact) mass is 143 g/mol. The lowest BCUT2D eigenvalue weighted by Gasteiger charge is -2.06. The van der Waals surface area contributed by atoms with Crippen molar-refractivity contribution in [3.63, 3.8) is 0 Å². The SMILES string of the molecule is [2H][C@@](O)(CO)P(=O)(O)O. The zero-order valence-corrected chi connectivity index (χ0v) is 4.75. The molecule has 0 aromatic heterocycles. The average Bonchev–Trinajstić information content (AvgIpc) is 1.64. The van der Waals surface area contributed by atoms with E-state index < -0.39 is 20.0 Å². The van der Waals surface area contributed by atoms with Gasteiger partial charge in [0.25, 0.3) is 0 Å². The van der Waals surface area contributed by atoms with Crippen molar-refractivity contribution in [3.05, 3.63) is 0 Å². The Hall–Kier alpha value is 0.0700. The van der Waals surface area contributed by atoms with Gasteiger partial charge in [0.15, 0.2) is 5.82 Å². The molecule has 0 rings (SSSR count). The van der Waals surface area contributed by atoms with Crippen LogP contribution in [-0.2, 0) is 4.57 Å². The maximum atomic E-state index is 9.98. The summed E-state index contributed by atoms with van der Waals surface area (Å²) in [6.07, 6.45) is 0. The first-order valence-electron chi connectivity index (χ1n) is 2.20. The zero-order valence-electron chi connectivity index (χ0n) is 4.85. The molecule has 6 heteroatoms. The predicted octanol–water partition coefficient (Wildman–Crippen LogP) is -1.53. The van der Waals surface area contributed by atoms with Gasteiger partial charge >= 0.3 is 7.60 Å². The predicted molar refractivity (Wildman–Crippen MR) is 25.1 cm³/mol. The molecule has 0 aliphatic heterocycles. The highest BCUT2D eigenvalue weighted by molar-refractivity contribution is 7.52. The normalized spacial score (nSPS) is 21.8. The van der Waals surface area contributed by atoms with Crippen LogP contribution in [0.25, 0.3) is 0 Å². The number of aliphatic hydroxyl groups excluding tert-OH is 1. The maximum Gasteiger partial charge on any atom is 0.356 e. The molecule has 0 aromatic carbocycles. The van der Waals surface area contributed by atoms with Crippen LogP contribution < -0.4 is 0 Å². The Labute approximate surface area is 47.1 Å². The Morgan fingerprint density at radius 1 is 1.75 bits per heavy atom. The smallest absolute Gasteiger partial charge is 0.356 e. The molecule has 0 heterocycles. The largest absolute Gasteiger partial charge is 0.393 e. The molecule has 0 saturated heterocycles. The molecule has 0 aliphatic carbocycles. The number of rotatable bonds is 2. The Kier molecular flexibility index (Phi) is 1.99. The lowest BCUT2D eigenvalue weighted by atomic mass is 10.8. The van der Waals surface area contributed by atoms with Crippen LogP contribution in [-0.4, -0.2) is 32.4 Å². The first-order chi connectivity index (χ1) is 3.81. The van der Waals surface area contributed by atoms with Crippen LogP contribution in [0.1, 0.15) is 1.37 Å². The molecule has 0 fully saturated rings. The van der Waals surface area contributed by atoms with E-state index in [1.807, 2.05) is 0 Å². The molecule has 4 N–H and O–H groups in total. The van der Waals surface area contributed by atoms with Gasteiger partial charge in [0.2, 0.25) is 0 Å². The van der Waals surface area contributed by atoms with E-state index in [9.17, 15) is 4.57 Å². The molecule has 50 valence electrons. The van der Waals surface area contributed by atoms with Gasteiger partial charge in [-0.05, 0) is 0 Å². The van der Waals surface area contributed by atoms with E-state index in [0.717, 1.165) is 0 Å². The standard InChI is InChI=1S/C2H7O5P/c3-1-2(4)8(5,6)7/h2-4H,1H2,(H2,5,6,7)/t2-/m0/s1/i2D. The van der Waals surface area contributed by atoms with Gasteiger partial charge < -0.3 is 20.0 Å². The van der Waals surface area contributed by atoms with Gasteiger partial charge in [-0.1, -0.05) is 0 Å². The first-order valence-corrected chi connectivity index (χ1v) is 3.31. The molecule has 0 amide bonds. The summed E-state index contributed by atoms with van der Waals surface area (Å²) >= 11 is 0. The molecule has 0 bridgehead atoms. The average molecular weight is 143 g/mol. The summed E-state index contributed by atoms with van der Waals surface area (Å²) in [4.78, 5) is 16.1. The van der Waals surface area contributed by atoms with Gasteiger partial charge in [0.1, 0.15) is 0 Å². The van der Waals surface area contributed by atoms with Gasteiger partial charge in [-0.25, -0.2) is 0 Å². The van der Waals surface area contributed by atoms with Crippen molar-refractivity contribution in [2.45, 2.75) is 5.82 Å². The van der Waals surface area contributed by atoms with Crippen LogP contribution in [0.2, 0.25) is 0 Å². The minimum atomic E-state index is -4.90. The van der Waals surface area contributed by atoms with Crippen molar-refractivity contribution in [2.75, 3.05) is 6.61 Å². The fourth-order valence-corrected chi connectivity index (χ4v) is 0.276. The molecule has 0 saturated carbocycles. The lowest BCUT2D eigenvalue weighted by molar-refractivity contribution is 0.127. The third kappa shape index (κ3) is 2.40. The summed E-state index contributed by atoms with van der Waals surface area (Å²) < 4.78 is 16.3. The molecule has 5 nitrogen and oxygen atoms in total. The minimum absolute atomic E-state index is 1.28. The van der Waals surface area contributed by atoms with Crippen LogP contribution in [0.5, 0.6) is 0 Å². The van der Waals surface area contributed by atoms with Gasteiger partial charge in [0, 0.05) is 0 Å². The summed E-state index contributed by atoms with van der Waals surface area (Å²) in [7, 11) is -4.90. The third-order valence-corrected chi connectivity index (χ3v) is 1.29. The second-order valence-electron chi connectivity index (χ2n) is 1.12. The highest BCUT2D eigenvalue weighted by Crippen LogP contribution is 2.38. The second kappa shape index (κ2) is 2.57. The summed E-state index contributed by atoms with van der Waals surface area (Å²) in [6, 6.07) is 0. The maximum absolute atomic E-state index is 9.98. The van der Waals surface area contributed by atoms with Crippen molar-refractivity contribution in [1.82, 2.24) is 0 Å². The number of hydrogen-bond acceptors (Lipinski definition) is 3. The highest BCUT2D eigenvalue weighted by Gasteiger charge is 2.24. The summed E-state index contributed by atoms with van der Waals surface area (Å²) in [5.41, 5.74) is 0. The first kappa shape index (κ1) is 6.19. The molecule has 0 aromatic rings. The number of aliphatic hydroxyl groups is 2.